The van der Waals surface area contributed by atoms with Gasteiger partial charge in [0.1, 0.15) is 4.60 Å². The zero-order valence-corrected chi connectivity index (χ0v) is 9.37. The molecule has 0 saturated heterocycles. The molecule has 0 aromatic carbocycles. The van der Waals surface area contributed by atoms with Crippen LogP contribution in [0.4, 0.5) is 0 Å². The van der Waals surface area contributed by atoms with Gasteiger partial charge < -0.3 is 5.11 Å². The maximum Gasteiger partial charge on any atom is 0.128 e. The van der Waals surface area contributed by atoms with Crippen LogP contribution in [-0.2, 0) is 12.5 Å². The van der Waals surface area contributed by atoms with Gasteiger partial charge in [-0.1, -0.05) is 0 Å². The second kappa shape index (κ2) is 2.82. The Balaban J connectivity index is 2.40. The molecular weight excluding hydrogens is 232 g/mol. The highest BCUT2D eigenvalue weighted by molar-refractivity contribution is 9.10. The standard InChI is InChI=1S/C9H13BrN2O/c1-6(13)9(3-4-9)7-5-8(10)11-12(7)2/h5-6,13H,3-4H2,1-2H3. The summed E-state index contributed by atoms with van der Waals surface area (Å²) in [6.07, 6.45) is 1.85. The van der Waals surface area contributed by atoms with E-state index < -0.39 is 0 Å². The lowest BCUT2D eigenvalue weighted by Gasteiger charge is -2.18. The van der Waals surface area contributed by atoms with E-state index >= 15 is 0 Å². The SMILES string of the molecule is CC(O)C1(c2cc(Br)nn2C)CC1. The van der Waals surface area contributed by atoms with Gasteiger partial charge in [0.25, 0.3) is 0 Å². The molecule has 0 aliphatic heterocycles. The smallest absolute Gasteiger partial charge is 0.128 e. The number of hydrogen-bond donors (Lipinski definition) is 1. The van der Waals surface area contributed by atoms with Crippen LogP contribution in [0.15, 0.2) is 10.7 Å². The van der Waals surface area contributed by atoms with Gasteiger partial charge in [-0.2, -0.15) is 5.10 Å². The lowest BCUT2D eigenvalue weighted by molar-refractivity contribution is 0.146. The van der Waals surface area contributed by atoms with Gasteiger partial charge in [0.05, 0.1) is 6.10 Å². The van der Waals surface area contributed by atoms with Crippen molar-refractivity contribution in [3.05, 3.63) is 16.4 Å². The maximum atomic E-state index is 9.67. The van der Waals surface area contributed by atoms with E-state index in [1.807, 2.05) is 24.7 Å². The van der Waals surface area contributed by atoms with Crippen molar-refractivity contribution in [2.45, 2.75) is 31.3 Å². The van der Waals surface area contributed by atoms with Crippen LogP contribution in [0.1, 0.15) is 25.5 Å². The first kappa shape index (κ1) is 9.21. The molecule has 3 nitrogen and oxygen atoms in total. The molecule has 1 fully saturated rings. The van der Waals surface area contributed by atoms with Gasteiger partial charge in [-0.15, -0.1) is 0 Å². The zero-order chi connectivity index (χ0) is 9.64. The van der Waals surface area contributed by atoms with Crippen molar-refractivity contribution >= 4 is 15.9 Å². The van der Waals surface area contributed by atoms with E-state index in [4.69, 9.17) is 0 Å². The third-order valence-electron chi connectivity index (χ3n) is 2.95. The van der Waals surface area contributed by atoms with Crippen LogP contribution in [0.3, 0.4) is 0 Å². The molecule has 1 aliphatic carbocycles. The summed E-state index contributed by atoms with van der Waals surface area (Å²) in [7, 11) is 1.92. The Morgan fingerprint density at radius 1 is 1.69 bits per heavy atom. The van der Waals surface area contributed by atoms with Crippen LogP contribution >= 0.6 is 15.9 Å². The molecule has 0 radical (unpaired) electrons. The van der Waals surface area contributed by atoms with E-state index in [9.17, 15) is 5.11 Å². The first-order valence-electron chi connectivity index (χ1n) is 4.44. The van der Waals surface area contributed by atoms with Crippen molar-refractivity contribution in [1.82, 2.24) is 9.78 Å². The maximum absolute atomic E-state index is 9.67. The fraction of sp³-hybridized carbons (Fsp3) is 0.667. The van der Waals surface area contributed by atoms with Crippen LogP contribution in [0.5, 0.6) is 0 Å². The lowest BCUT2D eigenvalue weighted by atomic mass is 9.96. The van der Waals surface area contributed by atoms with Gasteiger partial charge in [0, 0.05) is 18.2 Å². The molecule has 1 aromatic heterocycles. The lowest BCUT2D eigenvalue weighted by Crippen LogP contribution is -2.25. The van der Waals surface area contributed by atoms with Gasteiger partial charge in [0.15, 0.2) is 0 Å². The number of nitrogens with zero attached hydrogens (tertiary/aromatic N) is 2. The van der Waals surface area contributed by atoms with Gasteiger partial charge in [-0.25, -0.2) is 0 Å². The minimum Gasteiger partial charge on any atom is -0.392 e. The molecule has 0 spiro atoms. The summed E-state index contributed by atoms with van der Waals surface area (Å²) in [5.41, 5.74) is 1.11. The van der Waals surface area contributed by atoms with E-state index in [1.54, 1.807) is 0 Å². The summed E-state index contributed by atoms with van der Waals surface area (Å²) in [6.45, 7) is 1.86. The summed E-state index contributed by atoms with van der Waals surface area (Å²) < 4.78 is 2.70. The molecule has 13 heavy (non-hydrogen) atoms. The average Bonchev–Trinajstić information content (AvgIpc) is 2.75. The minimum atomic E-state index is -0.283. The highest BCUT2D eigenvalue weighted by Gasteiger charge is 2.50. The Bertz CT molecular complexity index is 328. The molecule has 4 heteroatoms. The summed E-state index contributed by atoms with van der Waals surface area (Å²) in [4.78, 5) is 0. The molecule has 1 saturated carbocycles. The van der Waals surface area contributed by atoms with Gasteiger partial charge in [-0.05, 0) is 41.8 Å². The Labute approximate surface area is 85.9 Å². The number of aliphatic hydroxyl groups excluding tert-OH is 1. The third kappa shape index (κ3) is 1.32. The van der Waals surface area contributed by atoms with Crippen molar-refractivity contribution in [1.29, 1.82) is 0 Å². The summed E-state index contributed by atoms with van der Waals surface area (Å²) >= 11 is 3.34. The van der Waals surface area contributed by atoms with Crippen molar-refractivity contribution in [2.24, 2.45) is 7.05 Å². The van der Waals surface area contributed by atoms with Crippen molar-refractivity contribution in [3.63, 3.8) is 0 Å². The number of hydrogen-bond acceptors (Lipinski definition) is 2. The van der Waals surface area contributed by atoms with Crippen molar-refractivity contribution < 1.29 is 5.11 Å². The second-order valence-corrected chi connectivity index (χ2v) is 4.62. The number of aliphatic hydroxyl groups is 1. The van der Waals surface area contributed by atoms with Crippen LogP contribution in [0.2, 0.25) is 0 Å². The average molecular weight is 245 g/mol. The highest BCUT2D eigenvalue weighted by Crippen LogP contribution is 2.51. The van der Waals surface area contributed by atoms with E-state index in [0.29, 0.717) is 0 Å². The zero-order valence-electron chi connectivity index (χ0n) is 7.79. The summed E-state index contributed by atoms with van der Waals surface area (Å²) in [5, 5.41) is 13.9. The number of aryl methyl sites for hydroxylation is 1. The van der Waals surface area contributed by atoms with E-state index in [1.165, 1.54) is 0 Å². The van der Waals surface area contributed by atoms with Crippen LogP contribution in [0.25, 0.3) is 0 Å². The first-order chi connectivity index (χ1) is 6.06. The molecule has 72 valence electrons. The van der Waals surface area contributed by atoms with Crippen LogP contribution in [-0.4, -0.2) is 21.0 Å². The molecule has 1 unspecified atom stereocenters. The summed E-state index contributed by atoms with van der Waals surface area (Å²) in [5.74, 6) is 0. The van der Waals surface area contributed by atoms with E-state index in [-0.39, 0.29) is 11.5 Å². The third-order valence-corrected chi connectivity index (χ3v) is 3.34. The molecule has 0 bridgehead atoms. The van der Waals surface area contributed by atoms with Gasteiger partial charge in [0.2, 0.25) is 0 Å². The van der Waals surface area contributed by atoms with Crippen LogP contribution < -0.4 is 0 Å². The largest absolute Gasteiger partial charge is 0.392 e. The quantitative estimate of drug-likeness (QED) is 0.859. The van der Waals surface area contributed by atoms with Gasteiger partial charge >= 0.3 is 0 Å². The fourth-order valence-electron chi connectivity index (χ4n) is 1.92. The molecule has 1 N–H and O–H groups in total. The Hall–Kier alpha value is -0.350. The molecule has 2 rings (SSSR count). The van der Waals surface area contributed by atoms with Crippen LogP contribution in [0, 0.1) is 0 Å². The molecule has 0 amide bonds. The first-order valence-corrected chi connectivity index (χ1v) is 5.24. The Morgan fingerprint density at radius 3 is 2.62 bits per heavy atom. The monoisotopic (exact) mass is 244 g/mol. The molecular formula is C9H13BrN2O. The normalized spacial score (nSPS) is 21.5. The minimum absolute atomic E-state index is 0.0201. The topological polar surface area (TPSA) is 38.1 Å². The summed E-state index contributed by atoms with van der Waals surface area (Å²) in [6, 6.07) is 2.00. The Kier molecular flexibility index (Phi) is 2.00. The fourth-order valence-corrected chi connectivity index (χ4v) is 2.38. The molecule has 1 aliphatic rings. The molecule has 1 aromatic rings. The molecule has 1 heterocycles. The predicted molar refractivity (Wildman–Crippen MR) is 53.5 cm³/mol. The Morgan fingerprint density at radius 2 is 2.31 bits per heavy atom. The second-order valence-electron chi connectivity index (χ2n) is 3.81. The van der Waals surface area contributed by atoms with Gasteiger partial charge in [-0.3, -0.25) is 4.68 Å². The van der Waals surface area contributed by atoms with E-state index in [0.717, 1.165) is 23.1 Å². The predicted octanol–water partition coefficient (Wildman–Crippen LogP) is 1.59. The van der Waals surface area contributed by atoms with E-state index in [2.05, 4.69) is 21.0 Å². The highest BCUT2D eigenvalue weighted by atomic mass is 79.9. The van der Waals surface area contributed by atoms with Crippen molar-refractivity contribution in [2.75, 3.05) is 0 Å². The number of aromatic nitrogens is 2. The number of halogens is 1. The molecule has 1 atom stereocenters. The van der Waals surface area contributed by atoms with Crippen molar-refractivity contribution in [3.8, 4) is 0 Å². The number of rotatable bonds is 2.